The van der Waals surface area contributed by atoms with Crippen molar-refractivity contribution in [3.8, 4) is 5.75 Å². The lowest BCUT2D eigenvalue weighted by molar-refractivity contribution is 0.230. The van der Waals surface area contributed by atoms with Crippen LogP contribution in [0.1, 0.15) is 38.8 Å². The zero-order chi connectivity index (χ0) is 12.7. The van der Waals surface area contributed by atoms with Gasteiger partial charge in [0, 0.05) is 12.1 Å². The van der Waals surface area contributed by atoms with E-state index in [1.807, 2.05) is 25.1 Å². The first-order valence-electron chi connectivity index (χ1n) is 6.30. The molecule has 3 nitrogen and oxygen atoms in total. The molecule has 0 fully saturated rings. The fourth-order valence-corrected chi connectivity index (χ4v) is 1.79. The molecule has 0 saturated heterocycles. The van der Waals surface area contributed by atoms with Gasteiger partial charge in [-0.25, -0.2) is 0 Å². The van der Waals surface area contributed by atoms with Gasteiger partial charge >= 0.3 is 0 Å². The van der Waals surface area contributed by atoms with Crippen LogP contribution in [0.4, 0.5) is 0 Å². The molecule has 0 aliphatic carbocycles. The summed E-state index contributed by atoms with van der Waals surface area (Å²) in [5.41, 5.74) is 1.18. The summed E-state index contributed by atoms with van der Waals surface area (Å²) in [7, 11) is 0. The number of aliphatic hydroxyl groups is 1. The Morgan fingerprint density at radius 3 is 2.71 bits per heavy atom. The molecule has 1 aromatic rings. The maximum absolute atomic E-state index is 9.17. The summed E-state index contributed by atoms with van der Waals surface area (Å²) in [4.78, 5) is 0. The molecule has 2 unspecified atom stereocenters. The molecule has 0 heterocycles. The summed E-state index contributed by atoms with van der Waals surface area (Å²) in [6, 6.07) is 8.45. The number of hydrogen-bond donors (Lipinski definition) is 2. The van der Waals surface area contributed by atoms with E-state index in [4.69, 9.17) is 4.74 Å². The first kappa shape index (κ1) is 14.0. The fraction of sp³-hybridized carbons (Fsp3) is 0.571. The van der Waals surface area contributed by atoms with E-state index in [0.29, 0.717) is 6.61 Å². The van der Waals surface area contributed by atoms with Crippen molar-refractivity contribution in [3.05, 3.63) is 29.8 Å². The van der Waals surface area contributed by atoms with Crippen LogP contribution in [0.3, 0.4) is 0 Å². The van der Waals surface area contributed by atoms with E-state index in [9.17, 15) is 5.11 Å². The van der Waals surface area contributed by atoms with Gasteiger partial charge in [-0.1, -0.05) is 19.1 Å². The van der Waals surface area contributed by atoms with Crippen LogP contribution in [0, 0.1) is 0 Å². The Balaban J connectivity index is 2.67. The second-order valence-corrected chi connectivity index (χ2v) is 4.18. The number of ether oxygens (including phenoxy) is 1. The van der Waals surface area contributed by atoms with Gasteiger partial charge in [-0.2, -0.15) is 0 Å². The Morgan fingerprint density at radius 1 is 1.35 bits per heavy atom. The van der Waals surface area contributed by atoms with Gasteiger partial charge in [0.1, 0.15) is 5.75 Å². The molecule has 1 aromatic carbocycles. The summed E-state index contributed by atoms with van der Waals surface area (Å²) < 4.78 is 5.48. The highest BCUT2D eigenvalue weighted by molar-refractivity contribution is 5.30. The number of aliphatic hydroxyl groups excluding tert-OH is 1. The van der Waals surface area contributed by atoms with Gasteiger partial charge in [0.25, 0.3) is 0 Å². The highest BCUT2D eigenvalue weighted by Crippen LogP contribution is 2.19. The average Bonchev–Trinajstić information content (AvgIpc) is 2.36. The van der Waals surface area contributed by atoms with Crippen molar-refractivity contribution in [2.24, 2.45) is 0 Å². The van der Waals surface area contributed by atoms with Crippen molar-refractivity contribution in [2.45, 2.75) is 39.3 Å². The largest absolute Gasteiger partial charge is 0.494 e. The van der Waals surface area contributed by atoms with Crippen molar-refractivity contribution in [2.75, 3.05) is 13.2 Å². The molecule has 1 rings (SSSR count). The molecule has 0 aliphatic rings. The van der Waals surface area contributed by atoms with Crippen LogP contribution < -0.4 is 10.1 Å². The molecule has 2 atom stereocenters. The molecule has 0 aromatic heterocycles. The number of nitrogens with one attached hydrogen (secondary N) is 1. The van der Waals surface area contributed by atoms with Crippen LogP contribution in [-0.4, -0.2) is 24.4 Å². The molecular weight excluding hydrogens is 214 g/mol. The average molecular weight is 237 g/mol. The lowest BCUT2D eigenvalue weighted by Crippen LogP contribution is -2.33. The lowest BCUT2D eigenvalue weighted by atomic mass is 10.1. The van der Waals surface area contributed by atoms with Crippen LogP contribution in [0.15, 0.2) is 24.3 Å². The van der Waals surface area contributed by atoms with E-state index >= 15 is 0 Å². The third-order valence-electron chi connectivity index (χ3n) is 2.87. The number of rotatable bonds is 7. The zero-order valence-corrected chi connectivity index (χ0v) is 10.9. The minimum absolute atomic E-state index is 0.153. The molecule has 0 bridgehead atoms. The maximum atomic E-state index is 9.17. The minimum atomic E-state index is 0.153. The summed E-state index contributed by atoms with van der Waals surface area (Å²) in [6.07, 6.45) is 0.923. The summed E-state index contributed by atoms with van der Waals surface area (Å²) >= 11 is 0. The molecule has 96 valence electrons. The number of benzene rings is 1. The highest BCUT2D eigenvalue weighted by atomic mass is 16.5. The van der Waals surface area contributed by atoms with Gasteiger partial charge in [0.05, 0.1) is 13.2 Å². The monoisotopic (exact) mass is 237 g/mol. The molecule has 0 aliphatic heterocycles. The van der Waals surface area contributed by atoms with Gasteiger partial charge in [-0.15, -0.1) is 0 Å². The minimum Gasteiger partial charge on any atom is -0.494 e. The topological polar surface area (TPSA) is 41.5 Å². The Bertz CT molecular complexity index is 324. The van der Waals surface area contributed by atoms with Gasteiger partial charge < -0.3 is 15.2 Å². The second kappa shape index (κ2) is 7.30. The highest BCUT2D eigenvalue weighted by Gasteiger charge is 2.11. The third kappa shape index (κ3) is 4.36. The molecule has 0 spiro atoms. The molecule has 0 radical (unpaired) electrons. The lowest BCUT2D eigenvalue weighted by Gasteiger charge is -2.21. The third-order valence-corrected chi connectivity index (χ3v) is 2.87. The Labute approximate surface area is 104 Å². The maximum Gasteiger partial charge on any atom is 0.119 e. The van der Waals surface area contributed by atoms with Crippen molar-refractivity contribution < 1.29 is 9.84 Å². The van der Waals surface area contributed by atoms with Crippen LogP contribution in [0.5, 0.6) is 5.75 Å². The van der Waals surface area contributed by atoms with Gasteiger partial charge in [-0.05, 0) is 38.0 Å². The quantitative estimate of drug-likeness (QED) is 0.765. The van der Waals surface area contributed by atoms with Gasteiger partial charge in [0.2, 0.25) is 0 Å². The Hall–Kier alpha value is -1.06. The van der Waals surface area contributed by atoms with E-state index in [2.05, 4.69) is 25.2 Å². The van der Waals surface area contributed by atoms with Gasteiger partial charge in [0.15, 0.2) is 0 Å². The molecule has 0 saturated carbocycles. The van der Waals surface area contributed by atoms with Crippen molar-refractivity contribution >= 4 is 0 Å². The molecule has 17 heavy (non-hydrogen) atoms. The normalized spacial score (nSPS) is 14.4. The molecule has 2 N–H and O–H groups in total. The smallest absolute Gasteiger partial charge is 0.119 e. The predicted molar refractivity (Wildman–Crippen MR) is 70.3 cm³/mol. The first-order valence-corrected chi connectivity index (χ1v) is 6.30. The summed E-state index contributed by atoms with van der Waals surface area (Å²) in [5, 5.41) is 12.6. The van der Waals surface area contributed by atoms with E-state index in [1.165, 1.54) is 5.56 Å². The van der Waals surface area contributed by atoms with Crippen molar-refractivity contribution in [1.82, 2.24) is 5.32 Å². The standard InChI is InChI=1S/C14H23NO2/c1-4-13(10-16)15-11(3)12-7-6-8-14(9-12)17-5-2/h6-9,11,13,15-16H,4-5,10H2,1-3H3. The second-order valence-electron chi connectivity index (χ2n) is 4.18. The van der Waals surface area contributed by atoms with Crippen LogP contribution in [-0.2, 0) is 0 Å². The Kier molecular flexibility index (Phi) is 6.01. The van der Waals surface area contributed by atoms with E-state index < -0.39 is 0 Å². The van der Waals surface area contributed by atoms with E-state index in [1.54, 1.807) is 0 Å². The fourth-order valence-electron chi connectivity index (χ4n) is 1.79. The van der Waals surface area contributed by atoms with Crippen molar-refractivity contribution in [1.29, 1.82) is 0 Å². The van der Waals surface area contributed by atoms with E-state index in [0.717, 1.165) is 12.2 Å². The van der Waals surface area contributed by atoms with E-state index in [-0.39, 0.29) is 18.7 Å². The van der Waals surface area contributed by atoms with Crippen molar-refractivity contribution in [3.63, 3.8) is 0 Å². The molecular formula is C14H23NO2. The zero-order valence-electron chi connectivity index (χ0n) is 10.9. The van der Waals surface area contributed by atoms with Crippen LogP contribution in [0.25, 0.3) is 0 Å². The van der Waals surface area contributed by atoms with Gasteiger partial charge in [-0.3, -0.25) is 0 Å². The molecule has 0 amide bonds. The Morgan fingerprint density at radius 2 is 2.12 bits per heavy atom. The van der Waals surface area contributed by atoms with Crippen LogP contribution in [0.2, 0.25) is 0 Å². The predicted octanol–water partition coefficient (Wildman–Crippen LogP) is 2.51. The molecule has 3 heteroatoms. The number of hydrogen-bond acceptors (Lipinski definition) is 3. The summed E-state index contributed by atoms with van der Waals surface area (Å²) in [5.74, 6) is 0.899. The van der Waals surface area contributed by atoms with Crippen LogP contribution >= 0.6 is 0 Å². The SMILES string of the molecule is CCOc1cccc(C(C)NC(CC)CO)c1. The first-order chi connectivity index (χ1) is 8.21. The summed E-state index contributed by atoms with van der Waals surface area (Å²) in [6.45, 7) is 7.00.